The number of rotatable bonds is 8. The molecule has 1 unspecified atom stereocenters. The molecule has 2 heterocycles. The van der Waals surface area contributed by atoms with E-state index in [2.05, 4.69) is 15.3 Å². The van der Waals surface area contributed by atoms with Crippen molar-refractivity contribution in [2.24, 2.45) is 0 Å². The Bertz CT molecular complexity index is 1230. The van der Waals surface area contributed by atoms with Gasteiger partial charge in [0, 0.05) is 28.9 Å². The number of H-pyrrole nitrogens is 1. The van der Waals surface area contributed by atoms with Crippen LogP contribution in [0.3, 0.4) is 0 Å². The van der Waals surface area contributed by atoms with Crippen molar-refractivity contribution in [2.45, 2.75) is 18.9 Å². The Kier molecular flexibility index (Phi) is 5.99. The highest BCUT2D eigenvalue weighted by Crippen LogP contribution is 2.32. The highest BCUT2D eigenvalue weighted by Gasteiger charge is 2.22. The van der Waals surface area contributed by atoms with Gasteiger partial charge in [-0.15, -0.1) is 11.3 Å². The largest absolute Gasteiger partial charge is 0.496 e. The first-order valence-electron chi connectivity index (χ1n) is 9.70. The van der Waals surface area contributed by atoms with E-state index >= 15 is 0 Å². The highest BCUT2D eigenvalue weighted by molar-refractivity contribution is 7.13. The average molecular weight is 436 g/mol. The minimum absolute atomic E-state index is 0.00329. The number of carboxylic acids is 1. The monoisotopic (exact) mass is 435 g/mol. The van der Waals surface area contributed by atoms with E-state index in [-0.39, 0.29) is 18.7 Å². The molecule has 0 saturated heterocycles. The lowest BCUT2D eigenvalue weighted by molar-refractivity contribution is -0.141. The first-order chi connectivity index (χ1) is 15.0. The van der Waals surface area contributed by atoms with Crippen LogP contribution < -0.4 is 10.1 Å². The lowest BCUT2D eigenvalue weighted by atomic mass is 10.0. The number of aliphatic carboxylic acids is 1. The summed E-state index contributed by atoms with van der Waals surface area (Å²) in [7, 11) is 1.60. The van der Waals surface area contributed by atoms with E-state index < -0.39 is 12.0 Å². The van der Waals surface area contributed by atoms with Gasteiger partial charge in [0.15, 0.2) is 0 Å². The quantitative estimate of drug-likeness (QED) is 0.392. The number of aromatic amines is 1. The number of nitrogens with zero attached hydrogens (tertiary/aromatic N) is 1. The Morgan fingerprint density at radius 2 is 1.97 bits per heavy atom. The Labute approximate surface area is 182 Å². The van der Waals surface area contributed by atoms with Crippen molar-refractivity contribution in [1.29, 1.82) is 0 Å². The molecule has 0 fully saturated rings. The third kappa shape index (κ3) is 4.59. The molecule has 4 aromatic rings. The summed E-state index contributed by atoms with van der Waals surface area (Å²) < 4.78 is 5.37. The van der Waals surface area contributed by atoms with Crippen molar-refractivity contribution in [3.8, 4) is 16.3 Å². The molecule has 0 aliphatic rings. The summed E-state index contributed by atoms with van der Waals surface area (Å²) >= 11 is 1.41. The van der Waals surface area contributed by atoms with Crippen LogP contribution in [0.15, 0.2) is 60.1 Å². The van der Waals surface area contributed by atoms with Gasteiger partial charge in [0.1, 0.15) is 16.8 Å². The first-order valence-corrected chi connectivity index (χ1v) is 10.6. The zero-order chi connectivity index (χ0) is 21.8. The van der Waals surface area contributed by atoms with Gasteiger partial charge in [-0.25, -0.2) is 9.78 Å². The minimum atomic E-state index is -1.08. The van der Waals surface area contributed by atoms with Crippen LogP contribution in [0.5, 0.6) is 5.75 Å². The van der Waals surface area contributed by atoms with Gasteiger partial charge in [-0.05, 0) is 23.8 Å². The summed E-state index contributed by atoms with van der Waals surface area (Å²) in [6.07, 6.45) is 1.98. The fourth-order valence-electron chi connectivity index (χ4n) is 3.46. The topological polar surface area (TPSA) is 104 Å². The van der Waals surface area contributed by atoms with E-state index in [1.54, 1.807) is 18.7 Å². The van der Waals surface area contributed by atoms with Crippen molar-refractivity contribution in [3.63, 3.8) is 0 Å². The summed E-state index contributed by atoms with van der Waals surface area (Å²) in [5.74, 6) is -0.756. The van der Waals surface area contributed by atoms with Crippen LogP contribution in [-0.4, -0.2) is 40.1 Å². The van der Waals surface area contributed by atoms with Crippen molar-refractivity contribution < 1.29 is 19.4 Å². The number of hydrogen-bond donors (Lipinski definition) is 3. The molecule has 2 aromatic heterocycles. The molecule has 0 saturated carbocycles. The maximum Gasteiger partial charge on any atom is 0.326 e. The number of amides is 1. The number of para-hydroxylation sites is 2. The molecule has 0 aliphatic carbocycles. The summed E-state index contributed by atoms with van der Waals surface area (Å²) in [6.45, 7) is 0. The number of methoxy groups -OCH3 is 1. The van der Waals surface area contributed by atoms with E-state index in [9.17, 15) is 14.7 Å². The molecule has 31 heavy (non-hydrogen) atoms. The van der Waals surface area contributed by atoms with Crippen molar-refractivity contribution >= 4 is 34.1 Å². The highest BCUT2D eigenvalue weighted by atomic mass is 32.1. The van der Waals surface area contributed by atoms with Gasteiger partial charge in [-0.2, -0.15) is 0 Å². The fraction of sp³-hybridized carbons (Fsp3) is 0.174. The van der Waals surface area contributed by atoms with Crippen LogP contribution in [0.25, 0.3) is 21.5 Å². The van der Waals surface area contributed by atoms with E-state index in [0.717, 1.165) is 27.0 Å². The number of ether oxygens (including phenoxy) is 1. The van der Waals surface area contributed by atoms with Crippen molar-refractivity contribution in [2.75, 3.05) is 7.11 Å². The van der Waals surface area contributed by atoms with E-state index in [1.807, 2.05) is 48.5 Å². The summed E-state index contributed by atoms with van der Waals surface area (Å²) in [4.78, 5) is 32.0. The average Bonchev–Trinajstić information content (AvgIpc) is 3.40. The van der Waals surface area contributed by atoms with Crippen molar-refractivity contribution in [3.05, 3.63) is 71.4 Å². The van der Waals surface area contributed by atoms with Crippen LogP contribution in [0.1, 0.15) is 11.3 Å². The molecular formula is C23H21N3O4S. The fourth-order valence-corrected chi connectivity index (χ4v) is 4.31. The molecule has 7 nitrogen and oxygen atoms in total. The lowest BCUT2D eigenvalue weighted by Crippen LogP contribution is -2.43. The Balaban J connectivity index is 1.44. The third-order valence-corrected chi connectivity index (χ3v) is 5.89. The molecule has 1 atom stereocenters. The lowest BCUT2D eigenvalue weighted by Gasteiger charge is -2.14. The number of carbonyl (C=O) groups is 2. The SMILES string of the molecule is COc1ccccc1-c1nc(CC(=O)NC(Cc2c[nH]c3ccccc23)C(=O)O)cs1. The number of aromatic nitrogens is 2. The van der Waals surface area contributed by atoms with Crippen molar-refractivity contribution in [1.82, 2.24) is 15.3 Å². The van der Waals surface area contributed by atoms with Gasteiger partial charge in [-0.3, -0.25) is 4.79 Å². The van der Waals surface area contributed by atoms with Gasteiger partial charge in [0.05, 0.1) is 24.8 Å². The Morgan fingerprint density at radius 3 is 2.77 bits per heavy atom. The molecule has 0 radical (unpaired) electrons. The summed E-state index contributed by atoms with van der Waals surface area (Å²) in [5, 5.41) is 15.7. The van der Waals surface area contributed by atoms with Crippen LogP contribution in [0.2, 0.25) is 0 Å². The van der Waals surface area contributed by atoms with Gasteiger partial charge in [0.2, 0.25) is 5.91 Å². The molecule has 4 rings (SSSR count). The first kappa shape index (κ1) is 20.6. The standard InChI is InChI=1S/C23H21N3O4S/c1-30-20-9-5-3-7-17(20)22-25-15(13-31-22)11-21(27)26-19(23(28)29)10-14-12-24-18-8-4-2-6-16(14)18/h2-9,12-13,19,24H,10-11H2,1H3,(H,26,27)(H,28,29). The zero-order valence-electron chi connectivity index (χ0n) is 16.8. The summed E-state index contributed by atoms with van der Waals surface area (Å²) in [6, 6.07) is 14.2. The van der Waals surface area contributed by atoms with Crippen LogP contribution in [0.4, 0.5) is 0 Å². The number of hydrogen-bond acceptors (Lipinski definition) is 5. The second-order valence-corrected chi connectivity index (χ2v) is 7.90. The zero-order valence-corrected chi connectivity index (χ0v) is 17.6. The molecule has 0 bridgehead atoms. The number of carboxylic acid groups (broad SMARTS) is 1. The Morgan fingerprint density at radius 1 is 1.19 bits per heavy atom. The second kappa shape index (κ2) is 9.01. The number of thiazole rings is 1. The molecule has 0 spiro atoms. The molecule has 2 aromatic carbocycles. The molecule has 1 amide bonds. The number of fused-ring (bicyclic) bond motifs is 1. The number of nitrogens with one attached hydrogen (secondary N) is 2. The maximum absolute atomic E-state index is 12.5. The van der Waals surface area contributed by atoms with Gasteiger partial charge < -0.3 is 20.1 Å². The Hall–Kier alpha value is -3.65. The molecular weight excluding hydrogens is 414 g/mol. The van der Waals surface area contributed by atoms with Crippen LogP contribution >= 0.6 is 11.3 Å². The van der Waals surface area contributed by atoms with Gasteiger partial charge in [0.25, 0.3) is 0 Å². The van der Waals surface area contributed by atoms with E-state index in [0.29, 0.717) is 11.4 Å². The maximum atomic E-state index is 12.5. The predicted octanol–water partition coefficient (Wildman–Crippen LogP) is 3.65. The van der Waals surface area contributed by atoms with Crippen LogP contribution in [-0.2, 0) is 22.4 Å². The molecule has 3 N–H and O–H groups in total. The van der Waals surface area contributed by atoms with Crippen LogP contribution in [0, 0.1) is 0 Å². The molecule has 0 aliphatic heterocycles. The van der Waals surface area contributed by atoms with E-state index in [4.69, 9.17) is 4.74 Å². The minimum Gasteiger partial charge on any atom is -0.496 e. The third-order valence-electron chi connectivity index (χ3n) is 4.96. The predicted molar refractivity (Wildman–Crippen MR) is 119 cm³/mol. The summed E-state index contributed by atoms with van der Waals surface area (Å²) in [5.41, 5.74) is 3.21. The van der Waals surface area contributed by atoms with Gasteiger partial charge in [-0.1, -0.05) is 30.3 Å². The van der Waals surface area contributed by atoms with E-state index in [1.165, 1.54) is 11.3 Å². The number of benzene rings is 2. The molecule has 158 valence electrons. The smallest absolute Gasteiger partial charge is 0.326 e. The molecule has 8 heteroatoms. The normalized spacial score (nSPS) is 11.9. The van der Waals surface area contributed by atoms with Gasteiger partial charge >= 0.3 is 5.97 Å². The second-order valence-electron chi connectivity index (χ2n) is 7.04. The number of carbonyl (C=O) groups excluding carboxylic acids is 1.